The molecule has 1 saturated carbocycles. The van der Waals surface area contributed by atoms with Crippen LogP contribution in [0.3, 0.4) is 0 Å². The van der Waals surface area contributed by atoms with Crippen molar-refractivity contribution < 1.29 is 4.74 Å². The van der Waals surface area contributed by atoms with Gasteiger partial charge in [0.1, 0.15) is 6.07 Å². The number of ether oxygens (including phenoxy) is 1. The molecule has 1 aliphatic carbocycles. The number of rotatable bonds is 3. The van der Waals surface area contributed by atoms with Crippen LogP contribution in [0.15, 0.2) is 22.7 Å². The standard InChI is InChI=1S/C12H13BrN2O/c1-16-11-5-10(6-11)15-12-4-9(13)3-2-8(12)7-14/h2-4,10-11,15H,5-6H2,1H3. The summed E-state index contributed by atoms with van der Waals surface area (Å²) in [7, 11) is 1.74. The van der Waals surface area contributed by atoms with Gasteiger partial charge in [0.15, 0.2) is 0 Å². The minimum atomic E-state index is 0.371. The molecule has 0 aliphatic heterocycles. The molecule has 0 heterocycles. The Bertz CT molecular complexity index is 422. The molecule has 0 saturated heterocycles. The number of halogens is 1. The number of hydrogen-bond acceptors (Lipinski definition) is 3. The topological polar surface area (TPSA) is 45.0 Å². The number of nitrogens with zero attached hydrogens (tertiary/aromatic N) is 1. The van der Waals surface area contributed by atoms with E-state index < -0.39 is 0 Å². The van der Waals surface area contributed by atoms with Crippen molar-refractivity contribution in [1.82, 2.24) is 0 Å². The molecule has 1 aromatic carbocycles. The maximum atomic E-state index is 8.98. The largest absolute Gasteiger partial charge is 0.381 e. The van der Waals surface area contributed by atoms with Gasteiger partial charge in [0.25, 0.3) is 0 Å². The Hall–Kier alpha value is -1.05. The van der Waals surface area contributed by atoms with Crippen molar-refractivity contribution in [2.75, 3.05) is 12.4 Å². The Morgan fingerprint density at radius 2 is 2.25 bits per heavy atom. The molecular formula is C12H13BrN2O. The van der Waals surface area contributed by atoms with Crippen LogP contribution >= 0.6 is 15.9 Å². The minimum Gasteiger partial charge on any atom is -0.381 e. The molecule has 4 heteroatoms. The molecule has 3 nitrogen and oxygen atoms in total. The van der Waals surface area contributed by atoms with E-state index >= 15 is 0 Å². The van der Waals surface area contributed by atoms with Gasteiger partial charge >= 0.3 is 0 Å². The predicted molar refractivity (Wildman–Crippen MR) is 66.3 cm³/mol. The highest BCUT2D eigenvalue weighted by atomic mass is 79.9. The highest BCUT2D eigenvalue weighted by Crippen LogP contribution is 2.29. The summed E-state index contributed by atoms with van der Waals surface area (Å²) in [5, 5.41) is 12.4. The summed E-state index contributed by atoms with van der Waals surface area (Å²) >= 11 is 3.41. The summed E-state index contributed by atoms with van der Waals surface area (Å²) in [6.07, 6.45) is 2.39. The number of nitrogens with one attached hydrogen (secondary N) is 1. The van der Waals surface area contributed by atoms with Gasteiger partial charge in [0.05, 0.1) is 17.4 Å². The van der Waals surface area contributed by atoms with E-state index in [0.29, 0.717) is 17.7 Å². The first kappa shape index (κ1) is 11.4. The summed E-state index contributed by atoms with van der Waals surface area (Å²) in [6.45, 7) is 0. The number of anilines is 1. The molecule has 0 spiro atoms. The maximum Gasteiger partial charge on any atom is 0.101 e. The molecule has 0 amide bonds. The molecule has 0 aromatic heterocycles. The van der Waals surface area contributed by atoms with Gasteiger partial charge in [-0.15, -0.1) is 0 Å². The number of nitriles is 1. The van der Waals surface area contributed by atoms with Crippen LogP contribution in [0.4, 0.5) is 5.69 Å². The van der Waals surface area contributed by atoms with Gasteiger partial charge in [-0.1, -0.05) is 15.9 Å². The lowest BCUT2D eigenvalue weighted by molar-refractivity contribution is 0.0328. The third-order valence-electron chi connectivity index (χ3n) is 2.89. The van der Waals surface area contributed by atoms with E-state index in [-0.39, 0.29) is 0 Å². The van der Waals surface area contributed by atoms with Crippen molar-refractivity contribution in [2.24, 2.45) is 0 Å². The Labute approximate surface area is 104 Å². The maximum absolute atomic E-state index is 8.98. The fraction of sp³-hybridized carbons (Fsp3) is 0.417. The molecule has 2 rings (SSSR count). The van der Waals surface area contributed by atoms with Crippen molar-refractivity contribution >= 4 is 21.6 Å². The van der Waals surface area contributed by atoms with E-state index in [0.717, 1.165) is 23.0 Å². The first-order valence-electron chi connectivity index (χ1n) is 5.22. The van der Waals surface area contributed by atoms with E-state index in [1.807, 2.05) is 18.2 Å². The number of methoxy groups -OCH3 is 1. The van der Waals surface area contributed by atoms with Crippen LogP contribution in [0.1, 0.15) is 18.4 Å². The van der Waals surface area contributed by atoms with Gasteiger partial charge in [0.2, 0.25) is 0 Å². The van der Waals surface area contributed by atoms with Crippen LogP contribution in [0.2, 0.25) is 0 Å². The average molecular weight is 281 g/mol. The zero-order chi connectivity index (χ0) is 11.5. The van der Waals surface area contributed by atoms with Crippen LogP contribution in [0, 0.1) is 11.3 Å². The average Bonchev–Trinajstić information content (AvgIpc) is 2.23. The van der Waals surface area contributed by atoms with Crippen molar-refractivity contribution in [1.29, 1.82) is 5.26 Å². The van der Waals surface area contributed by atoms with E-state index in [4.69, 9.17) is 10.00 Å². The molecule has 0 bridgehead atoms. The van der Waals surface area contributed by atoms with Crippen LogP contribution < -0.4 is 5.32 Å². The summed E-state index contributed by atoms with van der Waals surface area (Å²) in [5.41, 5.74) is 1.58. The fourth-order valence-corrected chi connectivity index (χ4v) is 2.19. The van der Waals surface area contributed by atoms with Crippen molar-refractivity contribution in [3.05, 3.63) is 28.2 Å². The summed E-state index contributed by atoms with van der Waals surface area (Å²) in [4.78, 5) is 0. The van der Waals surface area contributed by atoms with E-state index in [9.17, 15) is 0 Å². The molecule has 1 fully saturated rings. The Balaban J connectivity index is 2.04. The Morgan fingerprint density at radius 1 is 1.50 bits per heavy atom. The molecule has 0 atom stereocenters. The first-order valence-corrected chi connectivity index (χ1v) is 6.01. The van der Waals surface area contributed by atoms with Crippen molar-refractivity contribution in [3.8, 4) is 6.07 Å². The Morgan fingerprint density at radius 3 is 2.88 bits per heavy atom. The summed E-state index contributed by atoms with van der Waals surface area (Å²) in [6, 6.07) is 8.25. The first-order chi connectivity index (χ1) is 7.72. The van der Waals surface area contributed by atoms with Crippen LogP contribution in [-0.2, 0) is 4.74 Å². The van der Waals surface area contributed by atoms with E-state index in [1.54, 1.807) is 7.11 Å². The third-order valence-corrected chi connectivity index (χ3v) is 3.38. The normalized spacial score (nSPS) is 23.3. The quantitative estimate of drug-likeness (QED) is 0.926. The van der Waals surface area contributed by atoms with Crippen LogP contribution in [0.5, 0.6) is 0 Å². The highest BCUT2D eigenvalue weighted by molar-refractivity contribution is 9.10. The molecule has 84 valence electrons. The SMILES string of the molecule is COC1CC(Nc2cc(Br)ccc2C#N)C1. The van der Waals surface area contributed by atoms with Gasteiger partial charge in [-0.3, -0.25) is 0 Å². The zero-order valence-corrected chi connectivity index (χ0v) is 10.6. The van der Waals surface area contributed by atoms with Crippen molar-refractivity contribution in [2.45, 2.75) is 25.0 Å². The smallest absolute Gasteiger partial charge is 0.101 e. The molecular weight excluding hydrogens is 268 g/mol. The number of hydrogen-bond donors (Lipinski definition) is 1. The van der Waals surface area contributed by atoms with Gasteiger partial charge in [0, 0.05) is 17.6 Å². The van der Waals surface area contributed by atoms with Gasteiger partial charge in [-0.25, -0.2) is 0 Å². The molecule has 0 radical (unpaired) electrons. The van der Waals surface area contributed by atoms with Gasteiger partial charge < -0.3 is 10.1 Å². The number of benzene rings is 1. The lowest BCUT2D eigenvalue weighted by Gasteiger charge is -2.35. The lowest BCUT2D eigenvalue weighted by atomic mass is 9.89. The second kappa shape index (κ2) is 4.86. The molecule has 1 N–H and O–H groups in total. The Kier molecular flexibility index (Phi) is 3.47. The molecule has 1 aliphatic rings. The third kappa shape index (κ3) is 2.37. The zero-order valence-electron chi connectivity index (χ0n) is 9.03. The van der Waals surface area contributed by atoms with Gasteiger partial charge in [-0.05, 0) is 31.0 Å². The molecule has 0 unspecified atom stereocenters. The lowest BCUT2D eigenvalue weighted by Crippen LogP contribution is -2.40. The second-order valence-electron chi connectivity index (χ2n) is 3.97. The minimum absolute atomic E-state index is 0.371. The predicted octanol–water partition coefficient (Wildman–Crippen LogP) is 2.91. The highest BCUT2D eigenvalue weighted by Gasteiger charge is 2.29. The summed E-state index contributed by atoms with van der Waals surface area (Å²) in [5.74, 6) is 0. The monoisotopic (exact) mass is 280 g/mol. The van der Waals surface area contributed by atoms with Crippen molar-refractivity contribution in [3.63, 3.8) is 0 Å². The molecule has 16 heavy (non-hydrogen) atoms. The van der Waals surface area contributed by atoms with Crippen LogP contribution in [-0.4, -0.2) is 19.3 Å². The van der Waals surface area contributed by atoms with Gasteiger partial charge in [-0.2, -0.15) is 5.26 Å². The van der Waals surface area contributed by atoms with E-state index in [1.165, 1.54) is 0 Å². The van der Waals surface area contributed by atoms with Crippen LogP contribution in [0.25, 0.3) is 0 Å². The van der Waals surface area contributed by atoms with E-state index in [2.05, 4.69) is 27.3 Å². The second-order valence-corrected chi connectivity index (χ2v) is 4.89. The summed E-state index contributed by atoms with van der Waals surface area (Å²) < 4.78 is 6.20. The fourth-order valence-electron chi connectivity index (χ4n) is 1.83. The molecule has 1 aromatic rings.